The van der Waals surface area contributed by atoms with E-state index >= 15 is 0 Å². The fourth-order valence-electron chi connectivity index (χ4n) is 2.98. The van der Waals surface area contributed by atoms with Crippen LogP contribution in [0.15, 0.2) is 54.6 Å². The smallest absolute Gasteiger partial charge is 0.328 e. The molecule has 6 heteroatoms. The van der Waals surface area contributed by atoms with Gasteiger partial charge < -0.3 is 19.5 Å². The second-order valence-corrected chi connectivity index (χ2v) is 6.48. The maximum Gasteiger partial charge on any atom is 0.328 e. The number of likely N-dealkylation sites (tertiary alicyclic amines) is 1. The van der Waals surface area contributed by atoms with Gasteiger partial charge in [-0.05, 0) is 30.2 Å². The van der Waals surface area contributed by atoms with Gasteiger partial charge in [0.2, 0.25) is 5.91 Å². The molecule has 2 aromatic carbocycles. The minimum atomic E-state index is -1.02. The molecule has 2 aromatic rings. The van der Waals surface area contributed by atoms with Gasteiger partial charge in [0.05, 0.1) is 6.54 Å². The largest absolute Gasteiger partial charge is 0.492 e. The van der Waals surface area contributed by atoms with Crippen LogP contribution in [-0.4, -0.2) is 41.6 Å². The number of benzene rings is 2. The van der Waals surface area contributed by atoms with E-state index in [0.717, 1.165) is 24.6 Å². The molecule has 146 valence electrons. The number of carbonyl (C=O) groups is 2. The minimum Gasteiger partial charge on any atom is -0.492 e. The zero-order valence-corrected chi connectivity index (χ0v) is 15.5. The maximum atomic E-state index is 11.7. The zero-order chi connectivity index (χ0) is 19.8. The van der Waals surface area contributed by atoms with E-state index in [4.69, 9.17) is 14.6 Å². The van der Waals surface area contributed by atoms with E-state index in [2.05, 4.69) is 0 Å². The van der Waals surface area contributed by atoms with Crippen molar-refractivity contribution in [2.75, 3.05) is 19.7 Å². The molecule has 28 heavy (non-hydrogen) atoms. The fraction of sp³-hybridized carbons (Fsp3) is 0.273. The Morgan fingerprint density at radius 1 is 1.14 bits per heavy atom. The van der Waals surface area contributed by atoms with Crippen molar-refractivity contribution in [2.45, 2.75) is 19.4 Å². The molecule has 1 aliphatic rings. The van der Waals surface area contributed by atoms with Crippen molar-refractivity contribution >= 4 is 18.0 Å². The Morgan fingerprint density at radius 2 is 1.96 bits per heavy atom. The van der Waals surface area contributed by atoms with Gasteiger partial charge in [0.1, 0.15) is 24.7 Å². The average molecular weight is 381 g/mol. The van der Waals surface area contributed by atoms with Gasteiger partial charge in [0.25, 0.3) is 0 Å². The Hall–Kier alpha value is -3.28. The highest BCUT2D eigenvalue weighted by molar-refractivity contribution is 5.86. The molecule has 0 radical (unpaired) electrons. The molecule has 1 saturated heterocycles. The molecule has 3 rings (SSSR count). The first-order valence-corrected chi connectivity index (χ1v) is 9.24. The Bertz CT molecular complexity index is 847. The molecule has 1 amide bonds. The summed E-state index contributed by atoms with van der Waals surface area (Å²) in [6.07, 6.45) is 4.09. The molecule has 1 heterocycles. The maximum absolute atomic E-state index is 11.7. The van der Waals surface area contributed by atoms with E-state index < -0.39 is 5.97 Å². The van der Waals surface area contributed by atoms with Crippen molar-refractivity contribution in [2.24, 2.45) is 0 Å². The predicted molar refractivity (Wildman–Crippen MR) is 105 cm³/mol. The zero-order valence-electron chi connectivity index (χ0n) is 15.5. The lowest BCUT2D eigenvalue weighted by molar-refractivity contribution is -0.131. The Labute approximate surface area is 164 Å². The number of aliphatic carboxylic acids is 1. The highest BCUT2D eigenvalue weighted by atomic mass is 16.5. The summed E-state index contributed by atoms with van der Waals surface area (Å²) in [6.45, 7) is 2.10. The number of rotatable bonds is 9. The van der Waals surface area contributed by atoms with E-state index in [-0.39, 0.29) is 5.91 Å². The number of carboxylic acids is 1. The Morgan fingerprint density at radius 3 is 2.68 bits per heavy atom. The normalized spacial score (nSPS) is 13.9. The number of amides is 1. The first-order chi connectivity index (χ1) is 13.6. The van der Waals surface area contributed by atoms with Crippen LogP contribution in [-0.2, 0) is 16.2 Å². The SMILES string of the molecule is O=C(O)C=Cc1ccc(OCCN2CCCC2=O)cc1OCc1ccccc1. The van der Waals surface area contributed by atoms with Gasteiger partial charge in [-0.1, -0.05) is 30.3 Å². The van der Waals surface area contributed by atoms with Crippen LogP contribution in [0.3, 0.4) is 0 Å². The second kappa shape index (κ2) is 9.60. The molecule has 1 aliphatic heterocycles. The van der Waals surface area contributed by atoms with Crippen LogP contribution < -0.4 is 9.47 Å². The first kappa shape index (κ1) is 19.5. The van der Waals surface area contributed by atoms with Gasteiger partial charge in [-0.25, -0.2) is 4.79 Å². The summed E-state index contributed by atoms with van der Waals surface area (Å²) in [5.74, 6) is 0.299. The highest BCUT2D eigenvalue weighted by Crippen LogP contribution is 2.27. The summed E-state index contributed by atoms with van der Waals surface area (Å²) >= 11 is 0. The van der Waals surface area contributed by atoms with Crippen LogP contribution in [0.4, 0.5) is 0 Å². The summed E-state index contributed by atoms with van der Waals surface area (Å²) < 4.78 is 11.7. The van der Waals surface area contributed by atoms with Crippen LogP contribution >= 0.6 is 0 Å². The monoisotopic (exact) mass is 381 g/mol. The standard InChI is InChI=1S/C22H23NO5/c24-21-7-4-12-23(21)13-14-27-19-10-8-18(9-11-22(25)26)20(15-19)28-16-17-5-2-1-3-6-17/h1-3,5-6,8-11,15H,4,7,12-14,16H2,(H,25,26). The van der Waals surface area contributed by atoms with Gasteiger partial charge in [0, 0.05) is 30.7 Å². The second-order valence-electron chi connectivity index (χ2n) is 6.48. The summed E-state index contributed by atoms with van der Waals surface area (Å²) in [6, 6.07) is 15.0. The molecule has 1 N–H and O–H groups in total. The average Bonchev–Trinajstić information content (AvgIpc) is 3.11. The number of hydrogen-bond donors (Lipinski definition) is 1. The number of hydrogen-bond acceptors (Lipinski definition) is 4. The molecule has 0 saturated carbocycles. The van der Waals surface area contributed by atoms with Crippen LogP contribution in [0.1, 0.15) is 24.0 Å². The van der Waals surface area contributed by atoms with E-state index in [1.165, 1.54) is 6.08 Å². The number of nitrogens with zero attached hydrogens (tertiary/aromatic N) is 1. The molecule has 1 fully saturated rings. The molecule has 0 atom stereocenters. The van der Waals surface area contributed by atoms with Crippen molar-refractivity contribution in [3.05, 3.63) is 65.7 Å². The van der Waals surface area contributed by atoms with Crippen molar-refractivity contribution in [3.63, 3.8) is 0 Å². The van der Waals surface area contributed by atoms with Crippen molar-refractivity contribution in [3.8, 4) is 11.5 Å². The third-order valence-electron chi connectivity index (χ3n) is 4.43. The van der Waals surface area contributed by atoms with E-state index in [0.29, 0.717) is 43.2 Å². The summed E-state index contributed by atoms with van der Waals surface area (Å²) in [4.78, 5) is 24.3. The molecule has 0 bridgehead atoms. The van der Waals surface area contributed by atoms with Crippen LogP contribution in [0, 0.1) is 0 Å². The molecule has 0 aliphatic carbocycles. The highest BCUT2D eigenvalue weighted by Gasteiger charge is 2.19. The molecule has 0 aromatic heterocycles. The quantitative estimate of drug-likeness (QED) is 0.674. The topological polar surface area (TPSA) is 76.1 Å². The van der Waals surface area contributed by atoms with Crippen molar-refractivity contribution in [1.29, 1.82) is 0 Å². The lowest BCUT2D eigenvalue weighted by atomic mass is 10.1. The molecule has 0 spiro atoms. The van der Waals surface area contributed by atoms with Gasteiger partial charge in [-0.15, -0.1) is 0 Å². The third kappa shape index (κ3) is 5.61. The lowest BCUT2D eigenvalue weighted by Crippen LogP contribution is -2.29. The Kier molecular flexibility index (Phi) is 6.68. The van der Waals surface area contributed by atoms with Gasteiger partial charge in [-0.3, -0.25) is 4.79 Å². The van der Waals surface area contributed by atoms with E-state index in [1.807, 2.05) is 30.3 Å². The van der Waals surface area contributed by atoms with Gasteiger partial charge in [-0.2, -0.15) is 0 Å². The molecule has 0 unspecified atom stereocenters. The van der Waals surface area contributed by atoms with Crippen LogP contribution in [0.2, 0.25) is 0 Å². The van der Waals surface area contributed by atoms with E-state index in [9.17, 15) is 9.59 Å². The summed E-state index contributed by atoms with van der Waals surface area (Å²) in [7, 11) is 0. The third-order valence-corrected chi connectivity index (χ3v) is 4.43. The van der Waals surface area contributed by atoms with Crippen molar-refractivity contribution < 1.29 is 24.2 Å². The lowest BCUT2D eigenvalue weighted by Gasteiger charge is -2.16. The van der Waals surface area contributed by atoms with Crippen molar-refractivity contribution in [1.82, 2.24) is 4.90 Å². The van der Waals surface area contributed by atoms with Crippen LogP contribution in [0.5, 0.6) is 11.5 Å². The summed E-state index contributed by atoms with van der Waals surface area (Å²) in [5, 5.41) is 8.89. The first-order valence-electron chi connectivity index (χ1n) is 9.24. The Balaban J connectivity index is 1.67. The summed E-state index contributed by atoms with van der Waals surface area (Å²) in [5.41, 5.74) is 1.66. The molecular formula is C22H23NO5. The molecular weight excluding hydrogens is 358 g/mol. The van der Waals surface area contributed by atoms with Gasteiger partial charge in [0.15, 0.2) is 0 Å². The van der Waals surface area contributed by atoms with Crippen LogP contribution in [0.25, 0.3) is 6.08 Å². The minimum absolute atomic E-state index is 0.171. The predicted octanol–water partition coefficient (Wildman–Crippen LogP) is 3.36. The number of carbonyl (C=O) groups excluding carboxylic acids is 1. The number of carboxylic acid groups (broad SMARTS) is 1. The van der Waals surface area contributed by atoms with Gasteiger partial charge >= 0.3 is 5.97 Å². The molecule has 6 nitrogen and oxygen atoms in total. The van der Waals surface area contributed by atoms with E-state index in [1.54, 1.807) is 23.1 Å². The number of ether oxygens (including phenoxy) is 2. The fourth-order valence-corrected chi connectivity index (χ4v) is 2.98.